The SMILES string of the molecule is Cl.Nc1nc(N)c2c(Cc3ccc(C(F)(F)F)o3)cccc2n1. The Morgan fingerprint density at radius 1 is 1.04 bits per heavy atom. The van der Waals surface area contributed by atoms with Gasteiger partial charge in [0.1, 0.15) is 11.6 Å². The van der Waals surface area contributed by atoms with Gasteiger partial charge in [-0.1, -0.05) is 12.1 Å². The Kier molecular flexibility index (Phi) is 4.37. The van der Waals surface area contributed by atoms with Gasteiger partial charge in [-0.05, 0) is 23.8 Å². The molecule has 0 spiro atoms. The van der Waals surface area contributed by atoms with Crippen LogP contribution in [0.25, 0.3) is 10.9 Å². The lowest BCUT2D eigenvalue weighted by Crippen LogP contribution is -2.03. The first-order valence-corrected chi connectivity index (χ1v) is 6.31. The van der Waals surface area contributed by atoms with Gasteiger partial charge in [-0.3, -0.25) is 0 Å². The Morgan fingerprint density at radius 2 is 1.78 bits per heavy atom. The van der Waals surface area contributed by atoms with Crippen LogP contribution in [0.4, 0.5) is 24.9 Å². The molecule has 3 aromatic rings. The number of nitrogen functional groups attached to an aromatic ring is 2. The number of rotatable bonds is 2. The Labute approximate surface area is 134 Å². The van der Waals surface area contributed by atoms with Crippen molar-refractivity contribution in [1.29, 1.82) is 0 Å². The zero-order valence-corrected chi connectivity index (χ0v) is 12.4. The fraction of sp³-hybridized carbons (Fsp3) is 0.143. The maximum atomic E-state index is 12.6. The number of hydrogen-bond acceptors (Lipinski definition) is 5. The summed E-state index contributed by atoms with van der Waals surface area (Å²) < 4.78 is 42.5. The van der Waals surface area contributed by atoms with Crippen LogP contribution in [0.2, 0.25) is 0 Å². The zero-order valence-electron chi connectivity index (χ0n) is 11.6. The van der Waals surface area contributed by atoms with Crippen molar-refractivity contribution >= 4 is 35.1 Å². The van der Waals surface area contributed by atoms with Crippen molar-refractivity contribution < 1.29 is 17.6 Å². The van der Waals surface area contributed by atoms with Gasteiger partial charge >= 0.3 is 6.18 Å². The van der Waals surface area contributed by atoms with E-state index < -0.39 is 11.9 Å². The van der Waals surface area contributed by atoms with Gasteiger partial charge in [0.15, 0.2) is 0 Å². The first-order valence-electron chi connectivity index (χ1n) is 6.31. The van der Waals surface area contributed by atoms with Crippen LogP contribution in [0, 0.1) is 0 Å². The van der Waals surface area contributed by atoms with Crippen molar-refractivity contribution in [3.63, 3.8) is 0 Å². The minimum absolute atomic E-state index is 0. The first-order chi connectivity index (χ1) is 10.3. The van der Waals surface area contributed by atoms with E-state index in [0.29, 0.717) is 16.5 Å². The molecule has 0 aliphatic heterocycles. The van der Waals surface area contributed by atoms with Crippen molar-refractivity contribution in [2.75, 3.05) is 11.5 Å². The van der Waals surface area contributed by atoms with Crippen molar-refractivity contribution in [3.8, 4) is 0 Å². The molecule has 0 aliphatic carbocycles. The third kappa shape index (κ3) is 3.31. The summed E-state index contributed by atoms with van der Waals surface area (Å²) in [6.07, 6.45) is -4.36. The molecule has 4 N–H and O–H groups in total. The van der Waals surface area contributed by atoms with Gasteiger partial charge in [0.2, 0.25) is 11.7 Å². The van der Waals surface area contributed by atoms with Crippen LogP contribution in [-0.4, -0.2) is 9.97 Å². The summed E-state index contributed by atoms with van der Waals surface area (Å²) in [5, 5.41) is 0.557. The average Bonchev–Trinajstić information content (AvgIpc) is 2.86. The molecule has 0 atom stereocenters. The van der Waals surface area contributed by atoms with Crippen LogP contribution in [-0.2, 0) is 12.6 Å². The Hall–Kier alpha value is -2.48. The highest BCUT2D eigenvalue weighted by molar-refractivity contribution is 5.92. The summed E-state index contributed by atoms with van der Waals surface area (Å²) in [5.41, 5.74) is 12.6. The zero-order chi connectivity index (χ0) is 15.9. The van der Waals surface area contributed by atoms with E-state index in [0.717, 1.165) is 6.07 Å². The molecule has 3 rings (SSSR count). The van der Waals surface area contributed by atoms with Gasteiger partial charge in [-0.15, -0.1) is 12.4 Å². The predicted molar refractivity (Wildman–Crippen MR) is 82.1 cm³/mol. The topological polar surface area (TPSA) is 91.0 Å². The number of fused-ring (bicyclic) bond motifs is 1. The highest BCUT2D eigenvalue weighted by Gasteiger charge is 2.34. The number of aromatic nitrogens is 2. The van der Waals surface area contributed by atoms with Gasteiger partial charge in [0.05, 0.1) is 5.52 Å². The van der Waals surface area contributed by atoms with Crippen LogP contribution < -0.4 is 11.5 Å². The fourth-order valence-electron chi connectivity index (χ4n) is 2.26. The van der Waals surface area contributed by atoms with E-state index in [2.05, 4.69) is 9.97 Å². The molecular formula is C14H12ClF3N4O. The van der Waals surface area contributed by atoms with E-state index in [9.17, 15) is 13.2 Å². The van der Waals surface area contributed by atoms with Gasteiger partial charge in [-0.2, -0.15) is 18.2 Å². The lowest BCUT2D eigenvalue weighted by Gasteiger charge is -2.08. The molecule has 0 unspecified atom stereocenters. The lowest BCUT2D eigenvalue weighted by atomic mass is 10.0. The molecule has 5 nitrogen and oxygen atoms in total. The van der Waals surface area contributed by atoms with Crippen molar-refractivity contribution in [3.05, 3.63) is 47.4 Å². The molecule has 2 aromatic heterocycles. The standard InChI is InChI=1S/C14H11F3N4O.ClH/c15-14(16,17)10-5-4-8(22-10)6-7-2-1-3-9-11(7)12(18)21-13(19)20-9;/h1-5H,6H2,(H4,18,19,20,21);1H. The number of benzene rings is 1. The highest BCUT2D eigenvalue weighted by atomic mass is 35.5. The predicted octanol–water partition coefficient (Wildman–Crippen LogP) is 3.42. The molecule has 23 heavy (non-hydrogen) atoms. The molecule has 0 bridgehead atoms. The quantitative estimate of drug-likeness (QED) is 0.743. The van der Waals surface area contributed by atoms with Gasteiger partial charge in [-0.25, -0.2) is 4.98 Å². The number of nitrogens with zero attached hydrogens (tertiary/aromatic N) is 2. The van der Waals surface area contributed by atoms with E-state index in [4.69, 9.17) is 15.9 Å². The van der Waals surface area contributed by atoms with Crippen LogP contribution in [0.15, 0.2) is 34.7 Å². The Morgan fingerprint density at radius 3 is 2.43 bits per heavy atom. The van der Waals surface area contributed by atoms with Crippen LogP contribution >= 0.6 is 12.4 Å². The second-order valence-electron chi connectivity index (χ2n) is 4.72. The summed E-state index contributed by atoms with van der Waals surface area (Å²) in [4.78, 5) is 7.94. The largest absolute Gasteiger partial charge is 0.456 e. The molecule has 1 aromatic carbocycles. The number of alkyl halides is 3. The van der Waals surface area contributed by atoms with Crippen LogP contribution in [0.3, 0.4) is 0 Å². The average molecular weight is 345 g/mol. The van der Waals surface area contributed by atoms with E-state index in [1.165, 1.54) is 6.07 Å². The van der Waals surface area contributed by atoms with Gasteiger partial charge < -0.3 is 15.9 Å². The molecule has 122 valence electrons. The molecule has 0 aliphatic rings. The van der Waals surface area contributed by atoms with Crippen LogP contribution in [0.5, 0.6) is 0 Å². The molecule has 2 heterocycles. The summed E-state index contributed by atoms with van der Waals surface area (Å²) in [5.74, 6) is -0.632. The van der Waals surface area contributed by atoms with Gasteiger partial charge in [0.25, 0.3) is 0 Å². The number of anilines is 2. The number of hydrogen-bond donors (Lipinski definition) is 2. The van der Waals surface area contributed by atoms with E-state index in [1.54, 1.807) is 18.2 Å². The van der Waals surface area contributed by atoms with E-state index in [1.807, 2.05) is 0 Å². The Balaban J connectivity index is 0.00000192. The summed E-state index contributed by atoms with van der Waals surface area (Å²) in [6.45, 7) is 0. The minimum atomic E-state index is -4.51. The van der Waals surface area contributed by atoms with Crippen molar-refractivity contribution in [1.82, 2.24) is 9.97 Å². The molecule has 9 heteroatoms. The first kappa shape index (κ1) is 16.9. The fourth-order valence-corrected chi connectivity index (χ4v) is 2.26. The maximum Gasteiger partial charge on any atom is 0.449 e. The van der Waals surface area contributed by atoms with E-state index in [-0.39, 0.29) is 36.4 Å². The molecule has 0 radical (unpaired) electrons. The summed E-state index contributed by atoms with van der Waals surface area (Å²) >= 11 is 0. The number of nitrogens with two attached hydrogens (primary N) is 2. The monoisotopic (exact) mass is 344 g/mol. The molecule has 0 saturated heterocycles. The second-order valence-corrected chi connectivity index (χ2v) is 4.72. The number of furan rings is 1. The normalized spacial score (nSPS) is 11.4. The Bertz CT molecular complexity index is 848. The molecule has 0 amide bonds. The summed E-state index contributed by atoms with van der Waals surface area (Å²) in [7, 11) is 0. The highest BCUT2D eigenvalue weighted by Crippen LogP contribution is 2.32. The molecule has 0 saturated carbocycles. The van der Waals surface area contributed by atoms with Crippen molar-refractivity contribution in [2.24, 2.45) is 0 Å². The molecular weight excluding hydrogens is 333 g/mol. The number of halogens is 4. The third-order valence-corrected chi connectivity index (χ3v) is 3.16. The van der Waals surface area contributed by atoms with E-state index >= 15 is 0 Å². The maximum absolute atomic E-state index is 12.6. The smallest absolute Gasteiger partial charge is 0.449 e. The van der Waals surface area contributed by atoms with Crippen molar-refractivity contribution in [2.45, 2.75) is 12.6 Å². The van der Waals surface area contributed by atoms with Gasteiger partial charge in [0, 0.05) is 11.8 Å². The summed E-state index contributed by atoms with van der Waals surface area (Å²) in [6, 6.07) is 7.34. The lowest BCUT2D eigenvalue weighted by molar-refractivity contribution is -0.153. The van der Waals surface area contributed by atoms with Crippen LogP contribution in [0.1, 0.15) is 17.1 Å². The third-order valence-electron chi connectivity index (χ3n) is 3.16. The second kappa shape index (κ2) is 5.96. The minimum Gasteiger partial charge on any atom is -0.456 e. The molecule has 0 fully saturated rings.